The van der Waals surface area contributed by atoms with Crippen molar-refractivity contribution in [3.05, 3.63) is 71.8 Å². The van der Waals surface area contributed by atoms with Gasteiger partial charge in [-0.2, -0.15) is 0 Å². The van der Waals surface area contributed by atoms with Crippen LogP contribution in [0.15, 0.2) is 60.7 Å². The molecule has 23 heavy (non-hydrogen) atoms. The second-order valence-corrected chi connectivity index (χ2v) is 4.71. The molecule has 0 saturated carbocycles. The van der Waals surface area contributed by atoms with Gasteiger partial charge in [-0.3, -0.25) is 0 Å². The Morgan fingerprint density at radius 2 is 1.87 bits per heavy atom. The number of carbonyl (C=O) groups excluding carboxylic acids is 1. The summed E-state index contributed by atoms with van der Waals surface area (Å²) in [7, 11) is 1.47. The van der Waals surface area contributed by atoms with E-state index in [2.05, 4.69) is 0 Å². The van der Waals surface area contributed by atoms with Crippen molar-refractivity contribution >= 4 is 18.1 Å². The molecule has 2 aromatic carbocycles. The quantitative estimate of drug-likeness (QED) is 0.653. The molecule has 4 nitrogen and oxygen atoms in total. The van der Waals surface area contributed by atoms with E-state index in [1.54, 1.807) is 24.3 Å². The molecule has 0 aliphatic carbocycles. The zero-order chi connectivity index (χ0) is 16.5. The maximum Gasteiger partial charge on any atom is 0.331 e. The zero-order valence-corrected chi connectivity index (χ0v) is 12.8. The van der Waals surface area contributed by atoms with Gasteiger partial charge in [-0.1, -0.05) is 42.5 Å². The molecule has 0 bridgehead atoms. The first-order valence-electron chi connectivity index (χ1n) is 7.12. The van der Waals surface area contributed by atoms with Crippen molar-refractivity contribution in [3.63, 3.8) is 0 Å². The Morgan fingerprint density at radius 3 is 2.61 bits per heavy atom. The van der Waals surface area contributed by atoms with Gasteiger partial charge in [-0.05, 0) is 35.4 Å². The Labute approximate surface area is 135 Å². The SMILES string of the molecule is COc1cc(/C=C/C(=O)OCC=Cc2ccccc2)ccc1O. The van der Waals surface area contributed by atoms with E-state index in [-0.39, 0.29) is 12.4 Å². The molecular formula is C19H18O4. The lowest BCUT2D eigenvalue weighted by Crippen LogP contribution is -1.99. The molecule has 0 atom stereocenters. The minimum absolute atomic E-state index is 0.0540. The number of aromatic hydroxyl groups is 1. The zero-order valence-electron chi connectivity index (χ0n) is 12.8. The standard InChI is InChI=1S/C19H18O4/c1-22-18-14-16(9-11-17(18)20)10-12-19(21)23-13-5-8-15-6-3-2-4-7-15/h2-12,14,20H,13H2,1H3/b8-5?,12-10+. The summed E-state index contributed by atoms with van der Waals surface area (Å²) in [5, 5.41) is 9.50. The fourth-order valence-corrected chi connectivity index (χ4v) is 1.89. The largest absolute Gasteiger partial charge is 0.504 e. The Morgan fingerprint density at radius 1 is 1.09 bits per heavy atom. The van der Waals surface area contributed by atoms with E-state index in [1.807, 2.05) is 36.4 Å². The molecule has 0 heterocycles. The van der Waals surface area contributed by atoms with E-state index in [0.717, 1.165) is 11.1 Å². The highest BCUT2D eigenvalue weighted by Crippen LogP contribution is 2.26. The Bertz CT molecular complexity index is 703. The van der Waals surface area contributed by atoms with Gasteiger partial charge in [-0.15, -0.1) is 0 Å². The summed E-state index contributed by atoms with van der Waals surface area (Å²) in [6.45, 7) is 0.205. The van der Waals surface area contributed by atoms with Crippen molar-refractivity contribution in [1.29, 1.82) is 0 Å². The summed E-state index contributed by atoms with van der Waals surface area (Å²) >= 11 is 0. The third-order valence-corrected chi connectivity index (χ3v) is 3.05. The van der Waals surface area contributed by atoms with Crippen LogP contribution in [0.3, 0.4) is 0 Å². The number of esters is 1. The lowest BCUT2D eigenvalue weighted by Gasteiger charge is -2.03. The number of rotatable bonds is 6. The van der Waals surface area contributed by atoms with Crippen molar-refractivity contribution in [3.8, 4) is 11.5 Å². The highest BCUT2D eigenvalue weighted by atomic mass is 16.5. The van der Waals surface area contributed by atoms with Gasteiger partial charge in [0.1, 0.15) is 6.61 Å². The fourth-order valence-electron chi connectivity index (χ4n) is 1.89. The smallest absolute Gasteiger partial charge is 0.331 e. The van der Waals surface area contributed by atoms with Crippen LogP contribution in [-0.2, 0) is 9.53 Å². The van der Waals surface area contributed by atoms with Crippen molar-refractivity contribution in [2.75, 3.05) is 13.7 Å². The minimum Gasteiger partial charge on any atom is -0.504 e. The molecule has 1 N–H and O–H groups in total. The summed E-state index contributed by atoms with van der Waals surface area (Å²) in [6.07, 6.45) is 6.61. The van der Waals surface area contributed by atoms with Gasteiger partial charge in [0.15, 0.2) is 11.5 Å². The molecular weight excluding hydrogens is 292 g/mol. The number of hydrogen-bond donors (Lipinski definition) is 1. The third kappa shape index (κ3) is 5.36. The van der Waals surface area contributed by atoms with Gasteiger partial charge in [0, 0.05) is 6.08 Å². The van der Waals surface area contributed by atoms with Crippen LogP contribution >= 0.6 is 0 Å². The van der Waals surface area contributed by atoms with Gasteiger partial charge >= 0.3 is 5.97 Å². The summed E-state index contributed by atoms with van der Waals surface area (Å²) < 4.78 is 10.1. The second kappa shape index (κ2) is 8.44. The molecule has 2 aromatic rings. The van der Waals surface area contributed by atoms with Crippen LogP contribution in [0.4, 0.5) is 0 Å². The lowest BCUT2D eigenvalue weighted by atomic mass is 10.2. The summed E-state index contributed by atoms with van der Waals surface area (Å²) in [5.41, 5.74) is 1.78. The predicted octanol–water partition coefficient (Wildman–Crippen LogP) is 3.67. The summed E-state index contributed by atoms with van der Waals surface area (Å²) in [4.78, 5) is 11.6. The maximum atomic E-state index is 11.6. The van der Waals surface area contributed by atoms with Gasteiger partial charge < -0.3 is 14.6 Å². The van der Waals surface area contributed by atoms with Crippen molar-refractivity contribution in [1.82, 2.24) is 0 Å². The topological polar surface area (TPSA) is 55.8 Å². The average Bonchev–Trinajstić information content (AvgIpc) is 2.59. The third-order valence-electron chi connectivity index (χ3n) is 3.05. The summed E-state index contributed by atoms with van der Waals surface area (Å²) in [6, 6.07) is 14.6. The summed E-state index contributed by atoms with van der Waals surface area (Å²) in [5.74, 6) is -0.0284. The van der Waals surface area contributed by atoms with Gasteiger partial charge in [0.2, 0.25) is 0 Å². The molecule has 118 valence electrons. The molecule has 0 unspecified atom stereocenters. The van der Waals surface area contributed by atoms with Gasteiger partial charge in [-0.25, -0.2) is 4.79 Å². The predicted molar refractivity (Wildman–Crippen MR) is 90.1 cm³/mol. The molecule has 2 rings (SSSR count). The van der Waals surface area contributed by atoms with Crippen LogP contribution in [-0.4, -0.2) is 24.8 Å². The van der Waals surface area contributed by atoms with Crippen LogP contribution in [0.25, 0.3) is 12.2 Å². The monoisotopic (exact) mass is 310 g/mol. The Hall–Kier alpha value is -3.01. The normalized spacial score (nSPS) is 11.0. The number of methoxy groups -OCH3 is 1. The highest BCUT2D eigenvalue weighted by Gasteiger charge is 2.01. The van der Waals surface area contributed by atoms with E-state index < -0.39 is 5.97 Å². The molecule has 0 radical (unpaired) electrons. The van der Waals surface area contributed by atoms with E-state index in [1.165, 1.54) is 19.3 Å². The molecule has 0 fully saturated rings. The molecule has 0 aliphatic rings. The number of benzene rings is 2. The molecule has 0 aromatic heterocycles. The van der Waals surface area contributed by atoms with Crippen LogP contribution < -0.4 is 4.74 Å². The van der Waals surface area contributed by atoms with Crippen molar-refractivity contribution < 1.29 is 19.4 Å². The second-order valence-electron chi connectivity index (χ2n) is 4.71. The fraction of sp³-hybridized carbons (Fsp3) is 0.105. The first-order valence-corrected chi connectivity index (χ1v) is 7.12. The average molecular weight is 310 g/mol. The van der Waals surface area contributed by atoms with E-state index >= 15 is 0 Å². The Balaban J connectivity index is 1.83. The van der Waals surface area contributed by atoms with Crippen molar-refractivity contribution in [2.45, 2.75) is 0 Å². The molecule has 0 aliphatic heterocycles. The Kier molecular flexibility index (Phi) is 6.00. The number of phenols is 1. The van der Waals surface area contributed by atoms with Crippen LogP contribution in [0.2, 0.25) is 0 Å². The number of ether oxygens (including phenoxy) is 2. The minimum atomic E-state index is -0.435. The van der Waals surface area contributed by atoms with E-state index in [4.69, 9.17) is 9.47 Å². The lowest BCUT2D eigenvalue weighted by molar-refractivity contribution is -0.136. The van der Waals surface area contributed by atoms with Crippen LogP contribution in [0.5, 0.6) is 11.5 Å². The van der Waals surface area contributed by atoms with Gasteiger partial charge in [0.05, 0.1) is 7.11 Å². The molecule has 0 amide bonds. The molecule has 0 spiro atoms. The number of phenolic OH excluding ortho intramolecular Hbond substituents is 1. The van der Waals surface area contributed by atoms with E-state index in [9.17, 15) is 9.90 Å². The van der Waals surface area contributed by atoms with E-state index in [0.29, 0.717) is 5.75 Å². The van der Waals surface area contributed by atoms with Crippen LogP contribution in [0, 0.1) is 0 Å². The molecule has 0 saturated heterocycles. The van der Waals surface area contributed by atoms with Crippen LogP contribution in [0.1, 0.15) is 11.1 Å². The first-order chi connectivity index (χ1) is 11.2. The number of carbonyl (C=O) groups is 1. The van der Waals surface area contributed by atoms with Gasteiger partial charge in [0.25, 0.3) is 0 Å². The van der Waals surface area contributed by atoms with Crippen molar-refractivity contribution in [2.24, 2.45) is 0 Å². The maximum absolute atomic E-state index is 11.6. The first kappa shape index (κ1) is 16.4. The number of hydrogen-bond acceptors (Lipinski definition) is 4. The highest BCUT2D eigenvalue weighted by molar-refractivity contribution is 5.87. The molecule has 4 heteroatoms.